The normalized spacial score (nSPS) is 17.6. The number of rotatable bonds is 12. The fourth-order valence-electron chi connectivity index (χ4n) is 5.98. The number of hydrogen-bond donors (Lipinski definition) is 2. The monoisotopic (exact) mass is 545 g/mol. The van der Waals surface area contributed by atoms with Gasteiger partial charge in [-0.25, -0.2) is 0 Å². The quantitative estimate of drug-likeness (QED) is 0.310. The average Bonchev–Trinajstić information content (AvgIpc) is 3.31. The van der Waals surface area contributed by atoms with Crippen molar-refractivity contribution in [1.29, 1.82) is 0 Å². The Morgan fingerprint density at radius 3 is 2.65 bits per heavy atom. The second kappa shape index (κ2) is 13.0. The molecule has 1 fully saturated rings. The molecule has 4 rings (SSSR count). The van der Waals surface area contributed by atoms with Gasteiger partial charge in [0.2, 0.25) is 5.91 Å². The lowest BCUT2D eigenvalue weighted by atomic mass is 9.73. The first-order chi connectivity index (χ1) is 19.4. The van der Waals surface area contributed by atoms with E-state index in [9.17, 15) is 14.4 Å². The molecule has 0 radical (unpaired) electrons. The minimum absolute atomic E-state index is 0.114. The van der Waals surface area contributed by atoms with E-state index in [0.29, 0.717) is 25.1 Å². The zero-order valence-corrected chi connectivity index (χ0v) is 23.3. The summed E-state index contributed by atoms with van der Waals surface area (Å²) < 4.78 is 6.31. The molecule has 1 unspecified atom stereocenters. The van der Waals surface area contributed by atoms with Gasteiger partial charge in [-0.3, -0.25) is 24.4 Å². The number of carbonyl (C=O) groups is 3. The second-order valence-corrected chi connectivity index (χ2v) is 10.7. The molecule has 2 aromatic rings. The summed E-state index contributed by atoms with van der Waals surface area (Å²) in [7, 11) is 3.55. The van der Waals surface area contributed by atoms with E-state index in [2.05, 4.69) is 28.1 Å². The first-order valence-corrected chi connectivity index (χ1v) is 13.7. The van der Waals surface area contributed by atoms with Gasteiger partial charge < -0.3 is 21.0 Å². The summed E-state index contributed by atoms with van der Waals surface area (Å²) >= 11 is 0. The molecule has 0 saturated carbocycles. The van der Waals surface area contributed by atoms with Crippen molar-refractivity contribution in [3.8, 4) is 5.75 Å². The number of nitrogens with two attached hydrogens (primary N) is 2. The van der Waals surface area contributed by atoms with Gasteiger partial charge in [0, 0.05) is 54.2 Å². The molecule has 1 saturated heterocycles. The predicted molar refractivity (Wildman–Crippen MR) is 155 cm³/mol. The molecule has 9 heteroatoms. The smallest absolute Gasteiger partial charge is 0.234 e. The van der Waals surface area contributed by atoms with Crippen molar-refractivity contribution in [3.05, 3.63) is 76.5 Å². The lowest BCUT2D eigenvalue weighted by Crippen LogP contribution is -2.43. The fourth-order valence-corrected chi connectivity index (χ4v) is 5.98. The summed E-state index contributed by atoms with van der Waals surface area (Å²) in [4.78, 5) is 43.5. The minimum atomic E-state index is -0.608. The molecule has 4 N–H and O–H groups in total. The van der Waals surface area contributed by atoms with Crippen LogP contribution in [0.3, 0.4) is 0 Å². The lowest BCUT2D eigenvalue weighted by molar-refractivity contribution is -0.123. The van der Waals surface area contributed by atoms with Gasteiger partial charge in [-0.2, -0.15) is 0 Å². The molecule has 2 aliphatic heterocycles. The van der Waals surface area contributed by atoms with Crippen molar-refractivity contribution in [2.45, 2.75) is 50.2 Å². The zero-order valence-electron chi connectivity index (χ0n) is 23.3. The summed E-state index contributed by atoms with van der Waals surface area (Å²) in [6, 6.07) is 11.7. The van der Waals surface area contributed by atoms with Crippen molar-refractivity contribution in [3.63, 3.8) is 0 Å². The zero-order chi connectivity index (χ0) is 28.7. The second-order valence-electron chi connectivity index (χ2n) is 10.7. The number of hydrogen-bond acceptors (Lipinski definition) is 8. The Hall–Kier alpha value is -3.82. The van der Waals surface area contributed by atoms with E-state index in [-0.39, 0.29) is 11.8 Å². The third kappa shape index (κ3) is 6.16. The summed E-state index contributed by atoms with van der Waals surface area (Å²) in [6.07, 6.45) is 7.38. The SMILES string of the molecule is CN=C(/C=C\N)c1cccc(CN2CCC3(CC2)COc2c3ccc(C=O)c2CN(C)C(CCC=O)C(N)=O)c1. The Morgan fingerprint density at radius 1 is 1.23 bits per heavy atom. The number of nitrogens with zero attached hydrogens (tertiary/aromatic N) is 3. The first kappa shape index (κ1) is 29.2. The molecule has 40 heavy (non-hydrogen) atoms. The van der Waals surface area contributed by atoms with Crippen LogP contribution in [-0.2, 0) is 28.1 Å². The highest BCUT2D eigenvalue weighted by Gasteiger charge is 2.44. The number of aldehydes is 2. The third-order valence-electron chi connectivity index (χ3n) is 8.25. The van der Waals surface area contributed by atoms with E-state index >= 15 is 0 Å². The number of amides is 1. The van der Waals surface area contributed by atoms with Gasteiger partial charge in [0.15, 0.2) is 6.29 Å². The van der Waals surface area contributed by atoms with Crippen LogP contribution in [0, 0.1) is 0 Å². The van der Waals surface area contributed by atoms with Crippen LogP contribution in [-0.4, -0.2) is 73.8 Å². The van der Waals surface area contributed by atoms with Crippen LogP contribution < -0.4 is 16.2 Å². The van der Waals surface area contributed by atoms with Gasteiger partial charge >= 0.3 is 0 Å². The Morgan fingerprint density at radius 2 is 2.00 bits per heavy atom. The van der Waals surface area contributed by atoms with Crippen molar-refractivity contribution in [2.75, 3.05) is 33.8 Å². The van der Waals surface area contributed by atoms with Gasteiger partial charge in [0.25, 0.3) is 0 Å². The number of benzene rings is 2. The van der Waals surface area contributed by atoms with Crippen molar-refractivity contribution in [1.82, 2.24) is 9.80 Å². The van der Waals surface area contributed by atoms with E-state index in [0.717, 1.165) is 73.2 Å². The van der Waals surface area contributed by atoms with E-state index in [4.69, 9.17) is 16.2 Å². The summed E-state index contributed by atoms with van der Waals surface area (Å²) in [5.41, 5.74) is 16.6. The number of ether oxygens (including phenoxy) is 1. The first-order valence-electron chi connectivity index (χ1n) is 13.7. The maximum Gasteiger partial charge on any atom is 0.234 e. The molecule has 0 aromatic heterocycles. The topological polar surface area (TPSA) is 131 Å². The van der Waals surface area contributed by atoms with Gasteiger partial charge in [-0.1, -0.05) is 30.3 Å². The highest BCUT2D eigenvalue weighted by Crippen LogP contribution is 2.48. The molecule has 2 aliphatic rings. The number of piperidine rings is 1. The summed E-state index contributed by atoms with van der Waals surface area (Å²) in [6.45, 7) is 3.58. The Bertz CT molecular complexity index is 1300. The highest BCUT2D eigenvalue weighted by molar-refractivity contribution is 6.08. The van der Waals surface area contributed by atoms with E-state index in [1.54, 1.807) is 19.0 Å². The van der Waals surface area contributed by atoms with Gasteiger partial charge in [-0.15, -0.1) is 0 Å². The van der Waals surface area contributed by atoms with Crippen LogP contribution in [0.25, 0.3) is 0 Å². The van der Waals surface area contributed by atoms with E-state index in [1.807, 2.05) is 24.3 Å². The van der Waals surface area contributed by atoms with Crippen LogP contribution >= 0.6 is 0 Å². The predicted octanol–water partition coefficient (Wildman–Crippen LogP) is 2.58. The van der Waals surface area contributed by atoms with E-state index < -0.39 is 11.9 Å². The van der Waals surface area contributed by atoms with Gasteiger partial charge in [0.1, 0.15) is 12.0 Å². The van der Waals surface area contributed by atoms with Crippen molar-refractivity contribution in [2.24, 2.45) is 16.5 Å². The maximum atomic E-state index is 12.1. The van der Waals surface area contributed by atoms with Crippen molar-refractivity contribution >= 4 is 24.2 Å². The lowest BCUT2D eigenvalue weighted by Gasteiger charge is -2.38. The van der Waals surface area contributed by atoms with Gasteiger partial charge in [-0.05, 0) is 63.3 Å². The largest absolute Gasteiger partial charge is 0.492 e. The summed E-state index contributed by atoms with van der Waals surface area (Å²) in [5, 5.41) is 0. The van der Waals surface area contributed by atoms with E-state index in [1.165, 1.54) is 11.8 Å². The molecule has 212 valence electrons. The number of aliphatic imine (C=N–C) groups is 1. The third-order valence-corrected chi connectivity index (χ3v) is 8.25. The van der Waals surface area contributed by atoms with Crippen LogP contribution in [0.15, 0.2) is 53.7 Å². The molecule has 9 nitrogen and oxygen atoms in total. The number of likely N-dealkylation sites (N-methyl/N-ethyl adjacent to an activating group) is 1. The number of allylic oxidation sites excluding steroid dienone is 1. The molecular formula is C31H39N5O4. The van der Waals surface area contributed by atoms with Crippen LogP contribution in [0.1, 0.15) is 58.3 Å². The molecule has 0 aliphatic carbocycles. The summed E-state index contributed by atoms with van der Waals surface area (Å²) in [5.74, 6) is 0.254. The number of fused-ring (bicyclic) bond motifs is 2. The Labute approximate surface area is 235 Å². The highest BCUT2D eigenvalue weighted by atomic mass is 16.5. The van der Waals surface area contributed by atoms with Gasteiger partial charge in [0.05, 0.1) is 18.4 Å². The minimum Gasteiger partial charge on any atom is -0.492 e. The Balaban J connectivity index is 1.49. The van der Waals surface area contributed by atoms with Crippen LogP contribution in [0.5, 0.6) is 5.75 Å². The molecule has 1 spiro atoms. The molecule has 0 bridgehead atoms. The molecular weight excluding hydrogens is 506 g/mol. The maximum absolute atomic E-state index is 12.1. The number of likely N-dealkylation sites (tertiary alicyclic amines) is 1. The average molecular weight is 546 g/mol. The van der Waals surface area contributed by atoms with Crippen LogP contribution in [0.4, 0.5) is 0 Å². The standard InChI is InChI=1S/C31H39N5O4/c1-34-27(10-13-32)23-6-3-5-22(17-23)18-36-14-11-31(12-15-36)21-40-29-25(24(20-38)8-9-26(29)31)19-35(2)28(30(33)39)7-4-16-37/h3,5-6,8-10,13,16-17,20,28H,4,7,11-12,14-15,18-19,21,32H2,1-2H3,(H2,33,39)/b13-10-,34-27?. The number of carbonyl (C=O) groups excluding carboxylic acids is 3. The molecule has 2 heterocycles. The number of primary amides is 1. The van der Waals surface area contributed by atoms with Crippen LogP contribution in [0.2, 0.25) is 0 Å². The van der Waals surface area contributed by atoms with Crippen molar-refractivity contribution < 1.29 is 19.1 Å². The molecule has 1 atom stereocenters. The Kier molecular flexibility index (Phi) is 9.50. The fraction of sp³-hybridized carbons (Fsp3) is 0.419. The molecule has 2 aromatic carbocycles. The molecule has 1 amide bonds.